The van der Waals surface area contributed by atoms with Crippen LogP contribution in [0.5, 0.6) is 0 Å². The number of fused-ring (bicyclic) bond motifs is 1. The van der Waals surface area contributed by atoms with Crippen LogP contribution in [0, 0.1) is 5.41 Å². The highest BCUT2D eigenvalue weighted by Gasteiger charge is 2.36. The summed E-state index contributed by atoms with van der Waals surface area (Å²) in [6.45, 7) is 19.9. The van der Waals surface area contributed by atoms with E-state index >= 15 is 0 Å². The molecule has 6 nitrogen and oxygen atoms in total. The van der Waals surface area contributed by atoms with Crippen LogP contribution in [0.4, 0.5) is 4.79 Å². The number of hydrogen-bond acceptors (Lipinski definition) is 4. The number of hydrogen-bond donors (Lipinski definition) is 0. The molecule has 2 aliphatic heterocycles. The molecule has 1 atom stereocenters. The number of aryl methyl sites for hydroxylation is 1. The van der Waals surface area contributed by atoms with Crippen LogP contribution < -0.4 is 5.56 Å². The van der Waals surface area contributed by atoms with Gasteiger partial charge >= 0.3 is 6.09 Å². The Bertz CT molecular complexity index is 1040. The van der Waals surface area contributed by atoms with Crippen LogP contribution in [-0.2, 0) is 24.8 Å². The van der Waals surface area contributed by atoms with Gasteiger partial charge in [0.05, 0.1) is 12.6 Å². The highest BCUT2D eigenvalue weighted by atomic mass is 16.6. The zero-order chi connectivity index (χ0) is 24.9. The van der Waals surface area contributed by atoms with Crippen molar-refractivity contribution in [3.05, 3.63) is 51.6 Å². The van der Waals surface area contributed by atoms with E-state index in [1.165, 1.54) is 0 Å². The zero-order valence-corrected chi connectivity index (χ0v) is 22.1. The second-order valence-corrected chi connectivity index (χ2v) is 12.4. The molecule has 1 amide bonds. The number of amides is 1. The van der Waals surface area contributed by atoms with E-state index in [-0.39, 0.29) is 28.6 Å². The normalized spacial score (nSPS) is 19.3. The fraction of sp³-hybridized carbons (Fsp3) is 0.630. The summed E-state index contributed by atoms with van der Waals surface area (Å²) >= 11 is 0. The lowest BCUT2D eigenvalue weighted by Crippen LogP contribution is -2.50. The maximum Gasteiger partial charge on any atom is 0.410 e. The summed E-state index contributed by atoms with van der Waals surface area (Å²) in [6, 6.07) is 0.191. The van der Waals surface area contributed by atoms with E-state index in [9.17, 15) is 9.59 Å². The number of carbonyl (C=O) groups is 1. The predicted octanol–water partition coefficient (Wildman–Crippen LogP) is 5.10. The molecule has 0 saturated heterocycles. The Morgan fingerprint density at radius 3 is 2.21 bits per heavy atom. The minimum Gasteiger partial charge on any atom is -0.444 e. The minimum atomic E-state index is -0.558. The van der Waals surface area contributed by atoms with Crippen molar-refractivity contribution in [3.63, 3.8) is 0 Å². The second-order valence-electron chi connectivity index (χ2n) is 12.4. The second kappa shape index (κ2) is 8.37. The van der Waals surface area contributed by atoms with Gasteiger partial charge in [0.25, 0.3) is 5.56 Å². The third kappa shape index (κ3) is 5.36. The summed E-state index contributed by atoms with van der Waals surface area (Å²) < 4.78 is 7.29. The highest BCUT2D eigenvalue weighted by molar-refractivity contribution is 5.78. The Morgan fingerprint density at radius 2 is 1.67 bits per heavy atom. The van der Waals surface area contributed by atoms with Crippen molar-refractivity contribution in [2.24, 2.45) is 12.5 Å². The van der Waals surface area contributed by atoms with Crippen molar-refractivity contribution in [1.29, 1.82) is 0 Å². The van der Waals surface area contributed by atoms with Gasteiger partial charge in [-0.15, -0.1) is 0 Å². The minimum absolute atomic E-state index is 0.0154. The van der Waals surface area contributed by atoms with E-state index in [1.807, 2.05) is 34.0 Å². The van der Waals surface area contributed by atoms with E-state index in [4.69, 9.17) is 4.74 Å². The molecule has 6 heteroatoms. The van der Waals surface area contributed by atoms with Gasteiger partial charge in [0.15, 0.2) is 0 Å². The van der Waals surface area contributed by atoms with Crippen LogP contribution in [0.15, 0.2) is 29.3 Å². The van der Waals surface area contributed by atoms with Crippen LogP contribution in [0.3, 0.4) is 0 Å². The number of allylic oxidation sites excluding steroid dienone is 2. The van der Waals surface area contributed by atoms with E-state index < -0.39 is 5.60 Å². The molecule has 1 aromatic rings. The molecule has 3 rings (SSSR count). The van der Waals surface area contributed by atoms with Crippen molar-refractivity contribution in [3.8, 4) is 0 Å². The average Bonchev–Trinajstić information content (AvgIpc) is 2.67. The first-order chi connectivity index (χ1) is 15.0. The largest absolute Gasteiger partial charge is 0.444 e. The SMILES string of the molecule is Cn1cc(C2=CC(C(C)(C)C)N(C(C)(C)C)C=C2)c2c(c1=O)CCN(C(=O)OC(C)(C)C)C2. The van der Waals surface area contributed by atoms with Gasteiger partial charge in [0.1, 0.15) is 5.60 Å². The molecule has 3 heterocycles. The lowest BCUT2D eigenvalue weighted by molar-refractivity contribution is 0.0223. The lowest BCUT2D eigenvalue weighted by atomic mass is 9.80. The van der Waals surface area contributed by atoms with Crippen molar-refractivity contribution in [2.75, 3.05) is 6.54 Å². The van der Waals surface area contributed by atoms with Crippen molar-refractivity contribution < 1.29 is 9.53 Å². The van der Waals surface area contributed by atoms with Crippen molar-refractivity contribution in [2.45, 2.75) is 92.5 Å². The number of pyridine rings is 1. The van der Waals surface area contributed by atoms with Crippen molar-refractivity contribution in [1.82, 2.24) is 14.4 Å². The molecule has 33 heavy (non-hydrogen) atoms. The Kier molecular flexibility index (Phi) is 6.37. The maximum absolute atomic E-state index is 12.9. The molecule has 0 aliphatic carbocycles. The topological polar surface area (TPSA) is 54.8 Å². The molecular formula is C27H41N3O3. The molecule has 0 aromatic carbocycles. The Labute approximate surface area is 198 Å². The predicted molar refractivity (Wildman–Crippen MR) is 134 cm³/mol. The summed E-state index contributed by atoms with van der Waals surface area (Å²) in [5.41, 5.74) is 3.30. The van der Waals surface area contributed by atoms with E-state index in [1.54, 1.807) is 9.47 Å². The molecule has 0 radical (unpaired) electrons. The number of rotatable bonds is 1. The van der Waals surface area contributed by atoms with Gasteiger partial charge in [-0.25, -0.2) is 4.79 Å². The smallest absolute Gasteiger partial charge is 0.410 e. The first kappa shape index (κ1) is 25.1. The van der Waals surface area contributed by atoms with Gasteiger partial charge in [-0.1, -0.05) is 26.8 Å². The number of carbonyl (C=O) groups excluding carboxylic acids is 1. The monoisotopic (exact) mass is 455 g/mol. The molecule has 0 fully saturated rings. The van der Waals surface area contributed by atoms with Crippen LogP contribution in [0.1, 0.15) is 79.0 Å². The highest BCUT2D eigenvalue weighted by Crippen LogP contribution is 2.38. The quantitative estimate of drug-likeness (QED) is 0.591. The third-order valence-corrected chi connectivity index (χ3v) is 6.25. The lowest BCUT2D eigenvalue weighted by Gasteiger charge is -2.47. The Balaban J connectivity index is 2.08. The Hall–Kier alpha value is -2.50. The van der Waals surface area contributed by atoms with Gasteiger partial charge in [-0.3, -0.25) is 4.79 Å². The average molecular weight is 456 g/mol. The first-order valence-corrected chi connectivity index (χ1v) is 11.9. The van der Waals surface area contributed by atoms with Crippen LogP contribution >= 0.6 is 0 Å². The standard InChI is InChI=1S/C27H41N3O3/c1-25(2,3)22-15-18(11-14-30(22)26(4,5)6)20-16-28(10)23(31)19-12-13-29(17-21(19)20)24(32)33-27(7,8)9/h11,14-16,22H,12-13,17H2,1-10H3. The zero-order valence-electron chi connectivity index (χ0n) is 22.1. The van der Waals surface area contributed by atoms with Gasteiger partial charge < -0.3 is 19.1 Å². The molecule has 0 saturated carbocycles. The number of nitrogens with zero attached hydrogens (tertiary/aromatic N) is 3. The molecule has 2 aliphatic rings. The summed E-state index contributed by atoms with van der Waals surface area (Å²) in [7, 11) is 1.81. The summed E-state index contributed by atoms with van der Waals surface area (Å²) in [5.74, 6) is 0. The molecule has 0 spiro atoms. The molecule has 182 valence electrons. The molecule has 1 aromatic heterocycles. The molecule has 0 N–H and O–H groups in total. The van der Waals surface area contributed by atoms with Crippen LogP contribution in [0.2, 0.25) is 0 Å². The Morgan fingerprint density at radius 1 is 1.03 bits per heavy atom. The fourth-order valence-electron chi connectivity index (χ4n) is 4.57. The van der Waals surface area contributed by atoms with Gasteiger partial charge in [-0.2, -0.15) is 0 Å². The first-order valence-electron chi connectivity index (χ1n) is 11.9. The molecular weight excluding hydrogens is 414 g/mol. The number of ether oxygens (including phenoxy) is 1. The van der Waals surface area contributed by atoms with Gasteiger partial charge in [-0.05, 0) is 70.6 Å². The van der Waals surface area contributed by atoms with Crippen LogP contribution in [0.25, 0.3) is 5.57 Å². The third-order valence-electron chi connectivity index (χ3n) is 6.25. The summed E-state index contributed by atoms with van der Waals surface area (Å²) in [4.78, 5) is 29.8. The van der Waals surface area contributed by atoms with Gasteiger partial charge in [0.2, 0.25) is 0 Å². The summed E-state index contributed by atoms with van der Waals surface area (Å²) in [5, 5.41) is 0. The fourth-order valence-corrected chi connectivity index (χ4v) is 4.57. The van der Waals surface area contributed by atoms with Gasteiger partial charge in [0, 0.05) is 42.7 Å². The van der Waals surface area contributed by atoms with Crippen molar-refractivity contribution >= 4 is 11.7 Å². The molecule has 0 bridgehead atoms. The number of aromatic nitrogens is 1. The van der Waals surface area contributed by atoms with E-state index in [0.717, 1.165) is 22.3 Å². The van der Waals surface area contributed by atoms with Crippen LogP contribution in [-0.4, -0.2) is 44.2 Å². The molecule has 1 unspecified atom stereocenters. The van der Waals surface area contributed by atoms with E-state index in [0.29, 0.717) is 19.5 Å². The maximum atomic E-state index is 12.9. The van der Waals surface area contributed by atoms with E-state index in [2.05, 4.69) is 64.8 Å². The summed E-state index contributed by atoms with van der Waals surface area (Å²) in [6.07, 6.45) is 8.75.